The molecule has 0 atom stereocenters. The number of aryl methyl sites for hydroxylation is 1. The first-order chi connectivity index (χ1) is 14.4. The standard InChI is InChI=1S/C20H20F3N3O3S2/c1-12-24-15-5-4-6-16(19(15)26(12)11-20(21,22)23)25-18(30)10-13-9-14(31(3,27)28)7-8-17(13)29-2/h4-9H,10-11H2,1-3H3,(H,25,30). The van der Waals surface area contributed by atoms with Gasteiger partial charge in [0.05, 0.1) is 33.7 Å². The van der Waals surface area contributed by atoms with Crippen LogP contribution in [0.1, 0.15) is 11.4 Å². The Morgan fingerprint density at radius 1 is 1.26 bits per heavy atom. The van der Waals surface area contributed by atoms with E-state index in [1.165, 1.54) is 32.2 Å². The maximum Gasteiger partial charge on any atom is 0.406 e. The van der Waals surface area contributed by atoms with Gasteiger partial charge in [-0.3, -0.25) is 0 Å². The number of nitrogens with one attached hydrogen (secondary N) is 1. The van der Waals surface area contributed by atoms with E-state index in [-0.39, 0.29) is 27.6 Å². The largest absolute Gasteiger partial charge is 0.496 e. The molecule has 0 aliphatic carbocycles. The lowest BCUT2D eigenvalue weighted by Crippen LogP contribution is -2.19. The predicted molar refractivity (Wildman–Crippen MR) is 117 cm³/mol. The quantitative estimate of drug-likeness (QED) is 0.541. The van der Waals surface area contributed by atoms with E-state index >= 15 is 0 Å². The Kier molecular flexibility index (Phi) is 6.28. The fourth-order valence-corrected chi connectivity index (χ4v) is 4.20. The Morgan fingerprint density at radius 2 is 1.97 bits per heavy atom. The van der Waals surface area contributed by atoms with Crippen LogP contribution in [0.4, 0.5) is 18.9 Å². The lowest BCUT2D eigenvalue weighted by molar-refractivity contribution is -0.140. The van der Waals surface area contributed by atoms with Crippen molar-refractivity contribution < 1.29 is 26.3 Å². The van der Waals surface area contributed by atoms with Gasteiger partial charge >= 0.3 is 6.18 Å². The van der Waals surface area contributed by atoms with Gasteiger partial charge in [0.2, 0.25) is 0 Å². The van der Waals surface area contributed by atoms with E-state index in [1.54, 1.807) is 18.2 Å². The molecule has 1 heterocycles. The summed E-state index contributed by atoms with van der Waals surface area (Å²) < 4.78 is 69.3. The third-order valence-corrected chi connectivity index (χ3v) is 5.96. The lowest BCUT2D eigenvalue weighted by Gasteiger charge is -2.15. The molecule has 11 heteroatoms. The summed E-state index contributed by atoms with van der Waals surface area (Å²) in [5.41, 5.74) is 1.61. The zero-order valence-corrected chi connectivity index (χ0v) is 18.6. The number of para-hydroxylation sites is 1. The van der Waals surface area contributed by atoms with E-state index in [2.05, 4.69) is 10.3 Å². The van der Waals surface area contributed by atoms with Crippen molar-refractivity contribution in [2.24, 2.45) is 0 Å². The van der Waals surface area contributed by atoms with Gasteiger partial charge in [0.25, 0.3) is 0 Å². The molecule has 0 fully saturated rings. The highest BCUT2D eigenvalue weighted by Crippen LogP contribution is 2.29. The van der Waals surface area contributed by atoms with Gasteiger partial charge in [0, 0.05) is 18.2 Å². The molecular formula is C20H20F3N3O3S2. The number of fused-ring (bicyclic) bond motifs is 1. The van der Waals surface area contributed by atoms with E-state index in [9.17, 15) is 21.6 Å². The first-order valence-electron chi connectivity index (χ1n) is 9.08. The van der Waals surface area contributed by atoms with Crippen molar-refractivity contribution in [2.45, 2.75) is 31.0 Å². The van der Waals surface area contributed by atoms with Crippen molar-refractivity contribution in [1.82, 2.24) is 9.55 Å². The summed E-state index contributed by atoms with van der Waals surface area (Å²) in [6, 6.07) is 9.36. The van der Waals surface area contributed by atoms with Crippen molar-refractivity contribution in [3.8, 4) is 5.75 Å². The highest BCUT2D eigenvalue weighted by molar-refractivity contribution is 7.90. The third kappa shape index (κ3) is 5.34. The maximum absolute atomic E-state index is 13.1. The first-order valence-corrected chi connectivity index (χ1v) is 11.4. The Bertz CT molecular complexity index is 1250. The summed E-state index contributed by atoms with van der Waals surface area (Å²) in [4.78, 5) is 4.61. The van der Waals surface area contributed by atoms with Crippen molar-refractivity contribution in [1.29, 1.82) is 0 Å². The number of anilines is 1. The molecule has 3 aromatic rings. The van der Waals surface area contributed by atoms with Gasteiger partial charge in [-0.1, -0.05) is 18.3 Å². The van der Waals surface area contributed by atoms with Crippen LogP contribution in [0, 0.1) is 6.92 Å². The van der Waals surface area contributed by atoms with Crippen LogP contribution in [0.25, 0.3) is 11.0 Å². The molecule has 0 saturated heterocycles. The van der Waals surface area contributed by atoms with Crippen molar-refractivity contribution >= 4 is 43.8 Å². The molecule has 31 heavy (non-hydrogen) atoms. The molecule has 3 rings (SSSR count). The molecule has 0 bridgehead atoms. The summed E-state index contributed by atoms with van der Waals surface area (Å²) in [7, 11) is -1.98. The summed E-state index contributed by atoms with van der Waals surface area (Å²) >= 11 is 5.42. The normalized spacial score (nSPS) is 12.2. The predicted octanol–water partition coefficient (Wildman–Crippen LogP) is 4.30. The minimum absolute atomic E-state index is 0.118. The van der Waals surface area contributed by atoms with Gasteiger partial charge in [-0.2, -0.15) is 13.2 Å². The summed E-state index contributed by atoms with van der Waals surface area (Å²) in [6.45, 7) is 0.334. The number of hydrogen-bond acceptors (Lipinski definition) is 5. The summed E-state index contributed by atoms with van der Waals surface area (Å²) in [6.07, 6.45) is -3.18. The van der Waals surface area contributed by atoms with Crippen LogP contribution >= 0.6 is 12.2 Å². The van der Waals surface area contributed by atoms with Crippen LogP contribution < -0.4 is 10.1 Å². The minimum Gasteiger partial charge on any atom is -0.496 e. The maximum atomic E-state index is 13.1. The number of benzene rings is 2. The molecule has 0 saturated carbocycles. The summed E-state index contributed by atoms with van der Waals surface area (Å²) in [5, 5.41) is 2.98. The second kappa shape index (κ2) is 8.46. The number of aromatic nitrogens is 2. The molecule has 0 radical (unpaired) electrons. The fourth-order valence-electron chi connectivity index (χ4n) is 3.27. The van der Waals surface area contributed by atoms with Gasteiger partial charge in [-0.15, -0.1) is 0 Å². The van der Waals surface area contributed by atoms with E-state index in [0.29, 0.717) is 22.5 Å². The zero-order valence-electron chi connectivity index (χ0n) is 16.9. The van der Waals surface area contributed by atoms with E-state index in [1.807, 2.05) is 0 Å². The Hall–Kier alpha value is -2.66. The van der Waals surface area contributed by atoms with Crippen molar-refractivity contribution in [2.75, 3.05) is 18.7 Å². The van der Waals surface area contributed by atoms with Crippen LogP contribution in [-0.2, 0) is 22.8 Å². The molecule has 6 nitrogen and oxygen atoms in total. The molecule has 2 aromatic carbocycles. The van der Waals surface area contributed by atoms with E-state index < -0.39 is 22.6 Å². The number of methoxy groups -OCH3 is 1. The molecule has 166 valence electrons. The Labute approximate surface area is 183 Å². The van der Waals surface area contributed by atoms with Crippen LogP contribution in [0.5, 0.6) is 5.75 Å². The first kappa shape index (κ1) is 23.0. The van der Waals surface area contributed by atoms with Crippen LogP contribution in [0.3, 0.4) is 0 Å². The van der Waals surface area contributed by atoms with E-state index in [4.69, 9.17) is 17.0 Å². The minimum atomic E-state index is -4.41. The second-order valence-corrected chi connectivity index (χ2v) is 9.51. The van der Waals surface area contributed by atoms with Crippen molar-refractivity contribution in [3.63, 3.8) is 0 Å². The number of nitrogens with zero attached hydrogens (tertiary/aromatic N) is 2. The van der Waals surface area contributed by atoms with Crippen molar-refractivity contribution in [3.05, 3.63) is 47.8 Å². The smallest absolute Gasteiger partial charge is 0.406 e. The topological polar surface area (TPSA) is 73.2 Å². The number of sulfone groups is 1. The number of halogens is 3. The number of hydrogen-bond donors (Lipinski definition) is 1. The average molecular weight is 472 g/mol. The molecule has 1 N–H and O–H groups in total. The van der Waals surface area contributed by atoms with Gasteiger partial charge in [-0.25, -0.2) is 13.4 Å². The number of imidazole rings is 1. The number of ether oxygens (including phenoxy) is 1. The third-order valence-electron chi connectivity index (χ3n) is 4.60. The van der Waals surface area contributed by atoms with E-state index in [0.717, 1.165) is 10.8 Å². The molecule has 0 amide bonds. The monoisotopic (exact) mass is 471 g/mol. The number of rotatable bonds is 6. The van der Waals surface area contributed by atoms with Gasteiger partial charge < -0.3 is 14.6 Å². The van der Waals surface area contributed by atoms with Crippen LogP contribution in [0.2, 0.25) is 0 Å². The van der Waals surface area contributed by atoms with Gasteiger partial charge in [0.1, 0.15) is 18.1 Å². The molecule has 0 aliphatic rings. The molecule has 0 aliphatic heterocycles. The molecular weight excluding hydrogens is 451 g/mol. The zero-order chi connectivity index (χ0) is 23.0. The highest BCUT2D eigenvalue weighted by Gasteiger charge is 2.30. The number of thiocarbonyl (C=S) groups is 1. The molecule has 0 unspecified atom stereocenters. The Balaban J connectivity index is 1.94. The van der Waals surface area contributed by atoms with Gasteiger partial charge in [0.15, 0.2) is 9.84 Å². The molecule has 1 aromatic heterocycles. The SMILES string of the molecule is COc1ccc(S(C)(=O)=O)cc1CC(=S)Nc1cccc2nc(C)n(CC(F)(F)F)c12. The summed E-state index contributed by atoms with van der Waals surface area (Å²) in [5.74, 6) is 0.683. The van der Waals surface area contributed by atoms with Crippen LogP contribution in [0.15, 0.2) is 41.3 Å². The second-order valence-electron chi connectivity index (χ2n) is 7.00. The molecule has 0 spiro atoms. The average Bonchev–Trinajstić information content (AvgIpc) is 2.95. The fraction of sp³-hybridized carbons (Fsp3) is 0.300. The van der Waals surface area contributed by atoms with Crippen LogP contribution in [-0.4, -0.2) is 42.5 Å². The number of alkyl halides is 3. The Morgan fingerprint density at radius 3 is 2.58 bits per heavy atom. The lowest BCUT2D eigenvalue weighted by atomic mass is 10.1. The highest BCUT2D eigenvalue weighted by atomic mass is 32.2. The van der Waals surface area contributed by atoms with Gasteiger partial charge in [-0.05, 0) is 37.3 Å².